The molecule has 0 aromatic carbocycles. The number of hydrogen-bond acceptors (Lipinski definition) is 5. The molecule has 0 unspecified atom stereocenters. The van der Waals surface area contributed by atoms with Crippen LogP contribution in [0.3, 0.4) is 0 Å². The Labute approximate surface area is 108 Å². The second-order valence-electron chi connectivity index (χ2n) is 4.76. The van der Waals surface area contributed by atoms with Crippen molar-refractivity contribution < 1.29 is 19.1 Å². The van der Waals surface area contributed by atoms with Crippen LogP contribution >= 0.6 is 0 Å². The molecule has 2 atom stereocenters. The van der Waals surface area contributed by atoms with Crippen LogP contribution in [0.2, 0.25) is 0 Å². The second-order valence-corrected chi connectivity index (χ2v) is 4.76. The van der Waals surface area contributed by atoms with Crippen molar-refractivity contribution in [3.63, 3.8) is 0 Å². The molecule has 0 aliphatic carbocycles. The van der Waals surface area contributed by atoms with Crippen molar-refractivity contribution in [3.05, 3.63) is 0 Å². The summed E-state index contributed by atoms with van der Waals surface area (Å²) in [5.74, 6) is -0.280. The molecule has 0 radical (unpaired) electrons. The van der Waals surface area contributed by atoms with E-state index in [1.165, 1.54) is 7.11 Å². The van der Waals surface area contributed by atoms with Gasteiger partial charge in [-0.1, -0.05) is 19.3 Å². The van der Waals surface area contributed by atoms with Crippen LogP contribution in [0.1, 0.15) is 51.4 Å². The van der Waals surface area contributed by atoms with E-state index in [1.807, 2.05) is 0 Å². The molecular formula is C13H23NO4. The maximum atomic E-state index is 10.9. The SMILES string of the molecule is COC(=O)CCCCCC[C@H](N)[C@H]1CCC(=O)O1. The minimum atomic E-state index is -0.149. The highest BCUT2D eigenvalue weighted by Gasteiger charge is 2.28. The van der Waals surface area contributed by atoms with Gasteiger partial charge in [0.1, 0.15) is 6.10 Å². The van der Waals surface area contributed by atoms with E-state index in [0.29, 0.717) is 12.8 Å². The Morgan fingerprint density at radius 1 is 1.44 bits per heavy atom. The maximum Gasteiger partial charge on any atom is 0.306 e. The zero-order valence-corrected chi connectivity index (χ0v) is 11.0. The van der Waals surface area contributed by atoms with E-state index < -0.39 is 0 Å². The van der Waals surface area contributed by atoms with Crippen molar-refractivity contribution in [3.8, 4) is 0 Å². The zero-order valence-electron chi connectivity index (χ0n) is 11.0. The number of unbranched alkanes of at least 4 members (excludes halogenated alkanes) is 3. The predicted octanol–water partition coefficient (Wildman–Crippen LogP) is 1.53. The van der Waals surface area contributed by atoms with Crippen LogP contribution in [0, 0.1) is 0 Å². The quantitative estimate of drug-likeness (QED) is 0.527. The first-order chi connectivity index (χ1) is 8.63. The summed E-state index contributed by atoms with van der Waals surface area (Å²) in [7, 11) is 1.41. The molecule has 0 bridgehead atoms. The Kier molecular flexibility index (Phi) is 6.72. The minimum Gasteiger partial charge on any atom is -0.469 e. The van der Waals surface area contributed by atoms with Crippen LogP contribution in [0.5, 0.6) is 0 Å². The number of hydrogen-bond donors (Lipinski definition) is 1. The number of carbonyl (C=O) groups is 2. The van der Waals surface area contributed by atoms with Crippen LogP contribution in [0.4, 0.5) is 0 Å². The Hall–Kier alpha value is -1.10. The smallest absolute Gasteiger partial charge is 0.306 e. The first-order valence-corrected chi connectivity index (χ1v) is 6.65. The minimum absolute atomic E-state index is 0.0444. The van der Waals surface area contributed by atoms with Gasteiger partial charge in [0.2, 0.25) is 0 Å². The maximum absolute atomic E-state index is 10.9. The molecule has 0 aromatic rings. The summed E-state index contributed by atoms with van der Waals surface area (Å²) in [6.07, 6.45) is 6.44. The molecule has 1 aliphatic rings. The van der Waals surface area contributed by atoms with Gasteiger partial charge in [-0.3, -0.25) is 9.59 Å². The fourth-order valence-electron chi connectivity index (χ4n) is 2.14. The van der Waals surface area contributed by atoms with Gasteiger partial charge in [0.25, 0.3) is 0 Å². The molecule has 1 fully saturated rings. The largest absolute Gasteiger partial charge is 0.469 e. The van der Waals surface area contributed by atoms with Crippen LogP contribution in [0.15, 0.2) is 0 Å². The number of cyclic esters (lactones) is 1. The molecule has 1 saturated heterocycles. The summed E-state index contributed by atoms with van der Waals surface area (Å²) in [6.45, 7) is 0. The summed E-state index contributed by atoms with van der Waals surface area (Å²) in [5, 5.41) is 0. The van der Waals surface area contributed by atoms with Crippen LogP contribution in [0.25, 0.3) is 0 Å². The fraction of sp³-hybridized carbons (Fsp3) is 0.846. The number of rotatable bonds is 8. The first kappa shape index (κ1) is 15.0. The third kappa shape index (κ3) is 5.49. The average molecular weight is 257 g/mol. The molecular weight excluding hydrogens is 234 g/mol. The molecule has 1 heterocycles. The van der Waals surface area contributed by atoms with Crippen LogP contribution < -0.4 is 5.73 Å². The molecule has 2 N–H and O–H groups in total. The number of esters is 2. The van der Waals surface area contributed by atoms with Crippen LogP contribution in [-0.4, -0.2) is 31.2 Å². The number of carbonyl (C=O) groups excluding carboxylic acids is 2. The molecule has 0 amide bonds. The van der Waals surface area contributed by atoms with E-state index in [0.717, 1.165) is 38.5 Å². The zero-order chi connectivity index (χ0) is 13.4. The highest BCUT2D eigenvalue weighted by molar-refractivity contribution is 5.71. The van der Waals surface area contributed by atoms with Gasteiger partial charge in [-0.25, -0.2) is 0 Å². The Morgan fingerprint density at radius 3 is 2.78 bits per heavy atom. The Bertz CT molecular complexity index is 280. The van der Waals surface area contributed by atoms with Gasteiger partial charge in [-0.15, -0.1) is 0 Å². The molecule has 5 heteroatoms. The second kappa shape index (κ2) is 8.08. The Balaban J connectivity index is 1.97. The van der Waals surface area contributed by atoms with E-state index in [4.69, 9.17) is 10.5 Å². The van der Waals surface area contributed by atoms with Gasteiger partial charge < -0.3 is 15.2 Å². The highest BCUT2D eigenvalue weighted by atomic mass is 16.6. The van der Waals surface area contributed by atoms with Crippen molar-refractivity contribution in [1.82, 2.24) is 0 Å². The number of ether oxygens (including phenoxy) is 2. The normalized spacial score (nSPS) is 20.6. The third-order valence-electron chi connectivity index (χ3n) is 3.29. The summed E-state index contributed by atoms with van der Waals surface area (Å²) < 4.78 is 9.69. The fourth-order valence-corrected chi connectivity index (χ4v) is 2.14. The molecule has 5 nitrogen and oxygen atoms in total. The van der Waals surface area contributed by atoms with Crippen molar-refractivity contribution >= 4 is 11.9 Å². The van der Waals surface area contributed by atoms with Gasteiger partial charge in [0.15, 0.2) is 0 Å². The summed E-state index contributed by atoms with van der Waals surface area (Å²) >= 11 is 0. The first-order valence-electron chi connectivity index (χ1n) is 6.65. The lowest BCUT2D eigenvalue weighted by molar-refractivity contribution is -0.142. The predicted molar refractivity (Wildman–Crippen MR) is 66.8 cm³/mol. The van der Waals surface area contributed by atoms with E-state index in [2.05, 4.69) is 4.74 Å². The van der Waals surface area contributed by atoms with E-state index in [9.17, 15) is 9.59 Å². The van der Waals surface area contributed by atoms with Crippen molar-refractivity contribution in [1.29, 1.82) is 0 Å². The van der Waals surface area contributed by atoms with Crippen molar-refractivity contribution in [2.45, 2.75) is 63.5 Å². The van der Waals surface area contributed by atoms with E-state index in [1.54, 1.807) is 0 Å². The molecule has 0 aromatic heterocycles. The van der Waals surface area contributed by atoms with Gasteiger partial charge >= 0.3 is 11.9 Å². The summed E-state index contributed by atoms with van der Waals surface area (Å²) in [6, 6.07) is -0.0444. The monoisotopic (exact) mass is 257 g/mol. The molecule has 18 heavy (non-hydrogen) atoms. The van der Waals surface area contributed by atoms with Gasteiger partial charge in [0.05, 0.1) is 7.11 Å². The lowest BCUT2D eigenvalue weighted by atomic mass is 10.0. The Morgan fingerprint density at radius 2 is 2.17 bits per heavy atom. The van der Waals surface area contributed by atoms with Crippen LogP contribution in [-0.2, 0) is 19.1 Å². The van der Waals surface area contributed by atoms with Crippen molar-refractivity contribution in [2.24, 2.45) is 5.73 Å². The summed E-state index contributed by atoms with van der Waals surface area (Å²) in [4.78, 5) is 21.8. The third-order valence-corrected chi connectivity index (χ3v) is 3.29. The van der Waals surface area contributed by atoms with Gasteiger partial charge in [-0.05, 0) is 19.3 Å². The number of methoxy groups -OCH3 is 1. The van der Waals surface area contributed by atoms with Crippen molar-refractivity contribution in [2.75, 3.05) is 7.11 Å². The standard InChI is InChI=1S/C13H23NO4/c1-17-12(15)7-5-3-2-4-6-10(14)11-8-9-13(16)18-11/h10-11H,2-9,14H2,1H3/t10-,11+/m0/s1. The molecule has 0 spiro atoms. The average Bonchev–Trinajstić information content (AvgIpc) is 2.79. The highest BCUT2D eigenvalue weighted by Crippen LogP contribution is 2.19. The topological polar surface area (TPSA) is 78.6 Å². The molecule has 1 rings (SSSR count). The lowest BCUT2D eigenvalue weighted by Gasteiger charge is -2.17. The number of nitrogens with two attached hydrogens (primary N) is 1. The van der Waals surface area contributed by atoms with E-state index in [-0.39, 0.29) is 24.1 Å². The van der Waals surface area contributed by atoms with Gasteiger partial charge in [-0.2, -0.15) is 0 Å². The lowest BCUT2D eigenvalue weighted by Crippen LogP contribution is -2.34. The van der Waals surface area contributed by atoms with E-state index >= 15 is 0 Å². The molecule has 104 valence electrons. The summed E-state index contributed by atoms with van der Waals surface area (Å²) in [5.41, 5.74) is 5.97. The van der Waals surface area contributed by atoms with Gasteiger partial charge in [0, 0.05) is 18.9 Å². The molecule has 1 aliphatic heterocycles. The molecule has 0 saturated carbocycles.